The lowest BCUT2D eigenvalue weighted by molar-refractivity contribution is -0.181. The molecule has 1 aromatic carbocycles. The number of aliphatic hydroxyl groups is 2. The van der Waals surface area contributed by atoms with Gasteiger partial charge in [0.15, 0.2) is 12.4 Å². The molecular weight excluding hydrogens is 594 g/mol. The number of carbonyl (C=O) groups is 5. The van der Waals surface area contributed by atoms with Gasteiger partial charge in [0.1, 0.15) is 17.4 Å². The van der Waals surface area contributed by atoms with Crippen molar-refractivity contribution >= 4 is 29.4 Å². The molecule has 0 saturated heterocycles. The average Bonchev–Trinajstić information content (AvgIpc) is 3.29. The summed E-state index contributed by atoms with van der Waals surface area (Å²) in [5.74, 6) is -2.83. The Kier molecular flexibility index (Phi) is 9.30. The maximum atomic E-state index is 13.5. The number of fused-ring (bicyclic) bond motifs is 5. The van der Waals surface area contributed by atoms with Gasteiger partial charge in [-0.1, -0.05) is 37.6 Å². The summed E-state index contributed by atoms with van der Waals surface area (Å²) in [7, 11) is 1.19. The Labute approximate surface area is 268 Å². The number of nitrogens with one attached hydrogen (secondary N) is 1. The van der Waals surface area contributed by atoms with Gasteiger partial charge in [-0.05, 0) is 73.8 Å². The van der Waals surface area contributed by atoms with E-state index in [0.29, 0.717) is 18.4 Å². The van der Waals surface area contributed by atoms with E-state index >= 15 is 0 Å². The van der Waals surface area contributed by atoms with Crippen LogP contribution in [0.1, 0.15) is 64.4 Å². The third kappa shape index (κ3) is 6.02. The van der Waals surface area contributed by atoms with E-state index in [1.54, 1.807) is 24.3 Å². The van der Waals surface area contributed by atoms with E-state index in [2.05, 4.69) is 12.2 Å². The standard InChI is InChI=1S/C35H43NO10/c1-33-14-12-23(38)17-21(33)6-9-24-25-13-15-35(44,34(25,2)18-27(39)31(24)33)28(40)19-46-30(42)11-10-29(41)36-26(32(43)45-3)16-20-4-7-22(37)8-5-20/h4-5,7-8,12,14,17,24-27,31,37,39,44H,6,9-11,13,15-16,18-19H2,1-3H3,(H,36,41)/t24-,25-,26-,27+,31+,33-,34-,35+/m0/s1. The molecule has 4 aliphatic rings. The lowest BCUT2D eigenvalue weighted by atomic mass is 9.46. The lowest BCUT2D eigenvalue weighted by Gasteiger charge is -2.59. The van der Waals surface area contributed by atoms with Crippen LogP contribution in [0, 0.1) is 28.6 Å². The number of ketones is 2. The second-order valence-corrected chi connectivity index (χ2v) is 13.7. The molecule has 4 N–H and O–H groups in total. The largest absolute Gasteiger partial charge is 0.508 e. The first kappa shape index (κ1) is 33.5. The molecule has 0 heterocycles. The van der Waals surface area contributed by atoms with Gasteiger partial charge < -0.3 is 30.1 Å². The number of phenolic OH excluding ortho intramolecular Hbond substituents is 1. The Morgan fingerprint density at radius 2 is 1.80 bits per heavy atom. The van der Waals surface area contributed by atoms with Crippen molar-refractivity contribution < 1.29 is 48.8 Å². The summed E-state index contributed by atoms with van der Waals surface area (Å²) in [6.07, 6.45) is 6.24. The van der Waals surface area contributed by atoms with Gasteiger partial charge in [0.2, 0.25) is 11.7 Å². The van der Waals surface area contributed by atoms with Crippen molar-refractivity contribution in [2.45, 2.75) is 83.0 Å². The first-order valence-electron chi connectivity index (χ1n) is 15.9. The van der Waals surface area contributed by atoms with E-state index in [-0.39, 0.29) is 61.4 Å². The summed E-state index contributed by atoms with van der Waals surface area (Å²) in [6, 6.07) is 5.12. The second kappa shape index (κ2) is 12.8. The zero-order valence-electron chi connectivity index (χ0n) is 26.5. The number of hydrogen-bond acceptors (Lipinski definition) is 10. The molecule has 248 valence electrons. The molecule has 0 aromatic heterocycles. The van der Waals surface area contributed by atoms with E-state index in [1.165, 1.54) is 19.2 Å². The minimum Gasteiger partial charge on any atom is -0.508 e. The van der Waals surface area contributed by atoms with Gasteiger partial charge in [0, 0.05) is 29.6 Å². The minimum atomic E-state index is -1.79. The van der Waals surface area contributed by atoms with Crippen LogP contribution in [0.4, 0.5) is 0 Å². The van der Waals surface area contributed by atoms with E-state index in [9.17, 15) is 39.3 Å². The maximum Gasteiger partial charge on any atom is 0.328 e. The van der Waals surface area contributed by atoms with E-state index in [1.807, 2.05) is 13.0 Å². The molecule has 0 aliphatic heterocycles. The minimum absolute atomic E-state index is 0.0389. The van der Waals surface area contributed by atoms with Gasteiger partial charge in [0.25, 0.3) is 0 Å². The highest BCUT2D eigenvalue weighted by Gasteiger charge is 2.68. The van der Waals surface area contributed by atoms with Crippen LogP contribution in [0.2, 0.25) is 0 Å². The van der Waals surface area contributed by atoms with Crippen molar-refractivity contribution in [3.05, 3.63) is 53.6 Å². The number of methoxy groups -OCH3 is 1. The van der Waals surface area contributed by atoms with Crippen LogP contribution in [0.25, 0.3) is 0 Å². The SMILES string of the molecule is COC(=O)[C@H](Cc1ccc(O)cc1)NC(=O)CCC(=O)OCC(=O)[C@]1(O)CC[C@H]2[C@@H]3CCC4=CC(=O)C=C[C@]4(C)[C@H]3[C@H](O)C[C@@]21C. The Hall–Kier alpha value is -3.83. The quantitative estimate of drug-likeness (QED) is 0.279. The smallest absolute Gasteiger partial charge is 0.328 e. The van der Waals surface area contributed by atoms with Crippen LogP contribution in [0.5, 0.6) is 5.75 Å². The normalized spacial score (nSPS) is 33.5. The predicted octanol–water partition coefficient (Wildman–Crippen LogP) is 2.49. The Morgan fingerprint density at radius 1 is 1.09 bits per heavy atom. The van der Waals surface area contributed by atoms with Crippen LogP contribution >= 0.6 is 0 Å². The van der Waals surface area contributed by atoms with E-state index in [4.69, 9.17) is 9.47 Å². The second-order valence-electron chi connectivity index (χ2n) is 13.7. The molecule has 0 bridgehead atoms. The van der Waals surface area contributed by atoms with E-state index in [0.717, 1.165) is 12.0 Å². The van der Waals surface area contributed by atoms with Crippen LogP contribution in [-0.2, 0) is 39.9 Å². The van der Waals surface area contributed by atoms with Gasteiger partial charge >= 0.3 is 11.9 Å². The molecule has 3 saturated carbocycles. The van der Waals surface area contributed by atoms with Crippen molar-refractivity contribution in [2.24, 2.45) is 28.6 Å². The lowest BCUT2D eigenvalue weighted by Crippen LogP contribution is -2.61. The van der Waals surface area contributed by atoms with Crippen molar-refractivity contribution in [1.82, 2.24) is 5.32 Å². The molecule has 1 aromatic rings. The number of hydrogen-bond donors (Lipinski definition) is 4. The highest BCUT2D eigenvalue weighted by Crippen LogP contribution is 2.67. The third-order valence-corrected chi connectivity index (χ3v) is 11.2. The molecular formula is C35H43NO10. The van der Waals surface area contributed by atoms with Crippen molar-refractivity contribution in [3.63, 3.8) is 0 Å². The summed E-state index contributed by atoms with van der Waals surface area (Å²) in [4.78, 5) is 62.9. The summed E-state index contributed by atoms with van der Waals surface area (Å²) in [5, 5.41) is 35.4. The number of aromatic hydroxyl groups is 1. The third-order valence-electron chi connectivity index (χ3n) is 11.2. The van der Waals surface area contributed by atoms with Crippen LogP contribution in [0.15, 0.2) is 48.1 Å². The number of aliphatic hydroxyl groups excluding tert-OH is 1. The molecule has 0 radical (unpaired) electrons. The van der Waals surface area contributed by atoms with Crippen LogP contribution in [-0.4, -0.2) is 76.2 Å². The summed E-state index contributed by atoms with van der Waals surface area (Å²) in [5.41, 5.74) is -1.49. The predicted molar refractivity (Wildman–Crippen MR) is 164 cm³/mol. The molecule has 4 aliphatic carbocycles. The van der Waals surface area contributed by atoms with Crippen LogP contribution < -0.4 is 5.32 Å². The number of Topliss-reactive ketones (excluding diaryl/α,β-unsaturated/α-hetero) is 1. The Morgan fingerprint density at radius 3 is 2.50 bits per heavy atom. The fourth-order valence-corrected chi connectivity index (χ4v) is 8.81. The van der Waals surface area contributed by atoms with Gasteiger partial charge in [-0.25, -0.2) is 4.79 Å². The molecule has 0 unspecified atom stereocenters. The Bertz CT molecular complexity index is 1470. The number of phenols is 1. The zero-order chi connectivity index (χ0) is 33.4. The van der Waals surface area contributed by atoms with Gasteiger partial charge in [-0.15, -0.1) is 0 Å². The van der Waals surface area contributed by atoms with Gasteiger partial charge in [0.05, 0.1) is 19.6 Å². The van der Waals surface area contributed by atoms with E-state index < -0.39 is 58.8 Å². The molecule has 0 spiro atoms. The molecule has 1 amide bonds. The molecule has 11 nitrogen and oxygen atoms in total. The number of carbonyl (C=O) groups excluding carboxylic acids is 5. The number of esters is 2. The van der Waals surface area contributed by atoms with Crippen LogP contribution in [0.3, 0.4) is 0 Å². The maximum absolute atomic E-state index is 13.5. The molecule has 5 rings (SSSR count). The average molecular weight is 638 g/mol. The summed E-state index contributed by atoms with van der Waals surface area (Å²) < 4.78 is 10.00. The molecule has 8 atom stereocenters. The monoisotopic (exact) mass is 637 g/mol. The molecule has 11 heteroatoms. The van der Waals surface area contributed by atoms with Crippen molar-refractivity contribution in [3.8, 4) is 5.75 Å². The number of amides is 1. The number of rotatable bonds is 10. The zero-order valence-corrected chi connectivity index (χ0v) is 26.5. The first-order valence-corrected chi connectivity index (χ1v) is 15.9. The number of benzene rings is 1. The highest BCUT2D eigenvalue weighted by molar-refractivity contribution is 6.01. The fourth-order valence-electron chi connectivity index (χ4n) is 8.81. The topological polar surface area (TPSA) is 177 Å². The summed E-state index contributed by atoms with van der Waals surface area (Å²) >= 11 is 0. The molecule has 46 heavy (non-hydrogen) atoms. The van der Waals surface area contributed by atoms with Crippen molar-refractivity contribution in [1.29, 1.82) is 0 Å². The Balaban J connectivity index is 1.16. The van der Waals surface area contributed by atoms with Gasteiger partial charge in [-0.2, -0.15) is 0 Å². The highest BCUT2D eigenvalue weighted by atomic mass is 16.5. The summed E-state index contributed by atoms with van der Waals surface area (Å²) in [6.45, 7) is 3.24. The van der Waals surface area contributed by atoms with Gasteiger partial charge in [-0.3, -0.25) is 19.2 Å². The van der Waals surface area contributed by atoms with Crippen molar-refractivity contribution in [2.75, 3.05) is 13.7 Å². The number of ether oxygens (including phenoxy) is 2. The number of allylic oxidation sites excluding steroid dienone is 4. The first-order chi connectivity index (χ1) is 21.7. The molecule has 3 fully saturated rings. The fraction of sp³-hybridized carbons (Fsp3) is 0.571.